The van der Waals surface area contributed by atoms with Crippen molar-refractivity contribution in [3.8, 4) is 0 Å². The lowest BCUT2D eigenvalue weighted by atomic mass is 10.2. The van der Waals surface area contributed by atoms with Crippen LogP contribution in [0.1, 0.15) is 10.4 Å². The number of thiazole rings is 1. The number of halogens is 1. The summed E-state index contributed by atoms with van der Waals surface area (Å²) in [4.78, 5) is 18.6. The molecule has 0 atom stereocenters. The summed E-state index contributed by atoms with van der Waals surface area (Å²) < 4.78 is 1.43. The van der Waals surface area contributed by atoms with Gasteiger partial charge < -0.3 is 5.11 Å². The molecule has 2 aromatic heterocycles. The Balaban J connectivity index is 2.82. The Hall–Kier alpha value is -1.01. The highest BCUT2D eigenvalue weighted by Crippen LogP contribution is 2.27. The maximum atomic E-state index is 10.7. The van der Waals surface area contributed by atoms with Crippen LogP contribution in [0.4, 0.5) is 0 Å². The van der Waals surface area contributed by atoms with Gasteiger partial charge in [-0.15, -0.1) is 11.3 Å². The quantitative estimate of drug-likeness (QED) is 0.852. The van der Waals surface area contributed by atoms with Crippen LogP contribution >= 0.6 is 27.3 Å². The normalized spacial score (nSPS) is 10.5. The fourth-order valence-electron chi connectivity index (χ4n) is 0.982. The van der Waals surface area contributed by atoms with Crippen LogP contribution < -0.4 is 0 Å². The van der Waals surface area contributed by atoms with E-state index >= 15 is 0 Å². The van der Waals surface area contributed by atoms with E-state index in [2.05, 4.69) is 25.9 Å². The van der Waals surface area contributed by atoms with Crippen molar-refractivity contribution < 1.29 is 9.90 Å². The van der Waals surface area contributed by atoms with Crippen molar-refractivity contribution in [3.63, 3.8) is 0 Å². The van der Waals surface area contributed by atoms with Gasteiger partial charge in [0.2, 0.25) is 0 Å². The summed E-state index contributed by atoms with van der Waals surface area (Å²) in [6.07, 6.45) is 2.90. The Morgan fingerprint density at radius 1 is 1.54 bits per heavy atom. The summed E-state index contributed by atoms with van der Waals surface area (Å²) >= 11 is 4.56. The van der Waals surface area contributed by atoms with E-state index in [1.807, 2.05) is 0 Å². The number of carboxylic acids is 1. The number of hydrogen-bond acceptors (Lipinski definition) is 4. The van der Waals surface area contributed by atoms with E-state index in [-0.39, 0.29) is 5.56 Å². The zero-order valence-electron chi connectivity index (χ0n) is 6.19. The van der Waals surface area contributed by atoms with Crippen molar-refractivity contribution in [1.82, 2.24) is 9.97 Å². The second kappa shape index (κ2) is 3.04. The molecule has 0 saturated carbocycles. The standard InChI is InChI=1S/C7H3BrN2O2S/c8-7-10-5-3(6(11)12)1-9-2-4(5)13-7/h1-2H,(H,11,12). The first-order valence-electron chi connectivity index (χ1n) is 3.32. The van der Waals surface area contributed by atoms with Crippen LogP contribution in [-0.2, 0) is 0 Å². The summed E-state index contributed by atoms with van der Waals surface area (Å²) in [6.45, 7) is 0. The third kappa shape index (κ3) is 1.42. The molecule has 2 rings (SSSR count). The molecule has 2 heterocycles. The lowest BCUT2D eigenvalue weighted by molar-refractivity contribution is 0.0698. The third-order valence-corrected chi connectivity index (χ3v) is 2.95. The zero-order valence-corrected chi connectivity index (χ0v) is 8.59. The number of carboxylic acid groups (broad SMARTS) is 1. The number of nitrogens with zero attached hydrogens (tertiary/aromatic N) is 2. The fraction of sp³-hybridized carbons (Fsp3) is 0. The molecule has 0 aliphatic rings. The molecule has 0 aliphatic carbocycles. The molecule has 66 valence electrons. The fourth-order valence-corrected chi connectivity index (χ4v) is 2.37. The second-order valence-electron chi connectivity index (χ2n) is 2.31. The Labute approximate surface area is 85.4 Å². The van der Waals surface area contributed by atoms with Gasteiger partial charge in [0, 0.05) is 12.4 Å². The van der Waals surface area contributed by atoms with Crippen LogP contribution in [0.3, 0.4) is 0 Å². The first-order valence-corrected chi connectivity index (χ1v) is 4.93. The molecular formula is C7H3BrN2O2S. The molecule has 0 saturated heterocycles. The van der Waals surface area contributed by atoms with Gasteiger partial charge in [0.25, 0.3) is 0 Å². The van der Waals surface area contributed by atoms with E-state index in [1.165, 1.54) is 17.5 Å². The SMILES string of the molecule is O=C(O)c1cncc2sc(Br)nc12. The summed E-state index contributed by atoms with van der Waals surface area (Å²) in [6, 6.07) is 0. The summed E-state index contributed by atoms with van der Waals surface area (Å²) in [5.41, 5.74) is 0.624. The molecule has 2 aromatic rings. The lowest BCUT2D eigenvalue weighted by Crippen LogP contribution is -1.97. The van der Waals surface area contributed by atoms with Crippen LogP contribution in [-0.4, -0.2) is 21.0 Å². The van der Waals surface area contributed by atoms with Gasteiger partial charge in [-0.1, -0.05) is 0 Å². The highest BCUT2D eigenvalue weighted by atomic mass is 79.9. The van der Waals surface area contributed by atoms with Crippen LogP contribution in [0.2, 0.25) is 0 Å². The van der Waals surface area contributed by atoms with Crippen LogP contribution in [0.15, 0.2) is 16.3 Å². The molecular weight excluding hydrogens is 256 g/mol. The number of aromatic nitrogens is 2. The van der Waals surface area contributed by atoms with Crippen molar-refractivity contribution in [2.24, 2.45) is 0 Å². The highest BCUT2D eigenvalue weighted by Gasteiger charge is 2.12. The first kappa shape index (κ1) is 8.58. The number of fused-ring (bicyclic) bond motifs is 1. The zero-order chi connectivity index (χ0) is 9.42. The molecule has 4 nitrogen and oxygen atoms in total. The molecule has 0 bridgehead atoms. The monoisotopic (exact) mass is 258 g/mol. The average molecular weight is 259 g/mol. The smallest absolute Gasteiger partial charge is 0.339 e. The lowest BCUT2D eigenvalue weighted by Gasteiger charge is -1.92. The van der Waals surface area contributed by atoms with Gasteiger partial charge in [-0.2, -0.15) is 0 Å². The molecule has 0 aromatic carbocycles. The van der Waals surface area contributed by atoms with Gasteiger partial charge >= 0.3 is 5.97 Å². The molecule has 0 radical (unpaired) electrons. The van der Waals surface area contributed by atoms with Crippen LogP contribution in [0, 0.1) is 0 Å². The third-order valence-electron chi connectivity index (χ3n) is 1.51. The maximum absolute atomic E-state index is 10.7. The topological polar surface area (TPSA) is 63.1 Å². The van der Waals surface area contributed by atoms with E-state index < -0.39 is 5.97 Å². The average Bonchev–Trinajstić information content (AvgIpc) is 2.43. The van der Waals surface area contributed by atoms with Crippen LogP contribution in [0.5, 0.6) is 0 Å². The Morgan fingerprint density at radius 3 is 3.00 bits per heavy atom. The van der Waals surface area contributed by atoms with Gasteiger partial charge in [-0.05, 0) is 15.9 Å². The molecule has 0 aliphatic heterocycles. The van der Waals surface area contributed by atoms with E-state index in [0.717, 1.165) is 4.70 Å². The predicted octanol–water partition coefficient (Wildman–Crippen LogP) is 2.15. The molecule has 6 heteroatoms. The molecule has 0 unspecified atom stereocenters. The molecule has 1 N–H and O–H groups in total. The predicted molar refractivity (Wildman–Crippen MR) is 52.1 cm³/mol. The summed E-state index contributed by atoms with van der Waals surface area (Å²) in [5, 5.41) is 8.80. The number of hydrogen-bond donors (Lipinski definition) is 1. The summed E-state index contributed by atoms with van der Waals surface area (Å²) in [5.74, 6) is -1.00. The minimum absolute atomic E-state index is 0.138. The van der Waals surface area contributed by atoms with Gasteiger partial charge in [-0.3, -0.25) is 4.98 Å². The van der Waals surface area contributed by atoms with E-state index in [0.29, 0.717) is 9.43 Å². The molecule has 0 amide bonds. The van der Waals surface area contributed by atoms with Gasteiger partial charge in [0.05, 0.1) is 4.70 Å². The largest absolute Gasteiger partial charge is 0.478 e. The minimum atomic E-state index is -1.00. The van der Waals surface area contributed by atoms with Crippen molar-refractivity contribution in [2.45, 2.75) is 0 Å². The van der Waals surface area contributed by atoms with Gasteiger partial charge in [0.1, 0.15) is 11.1 Å². The number of rotatable bonds is 1. The van der Waals surface area contributed by atoms with Crippen molar-refractivity contribution >= 4 is 43.5 Å². The molecule has 0 fully saturated rings. The number of pyridine rings is 1. The first-order chi connectivity index (χ1) is 6.18. The molecule has 0 spiro atoms. The molecule has 13 heavy (non-hydrogen) atoms. The minimum Gasteiger partial charge on any atom is -0.478 e. The van der Waals surface area contributed by atoms with E-state index in [4.69, 9.17) is 5.11 Å². The van der Waals surface area contributed by atoms with Crippen LogP contribution in [0.25, 0.3) is 10.2 Å². The Bertz CT molecular complexity index is 482. The van der Waals surface area contributed by atoms with Crippen molar-refractivity contribution in [3.05, 3.63) is 21.9 Å². The maximum Gasteiger partial charge on any atom is 0.339 e. The number of aromatic carboxylic acids is 1. The van der Waals surface area contributed by atoms with Gasteiger partial charge in [0.15, 0.2) is 3.92 Å². The Kier molecular flexibility index (Phi) is 2.01. The van der Waals surface area contributed by atoms with Gasteiger partial charge in [-0.25, -0.2) is 9.78 Å². The van der Waals surface area contributed by atoms with Crippen molar-refractivity contribution in [1.29, 1.82) is 0 Å². The highest BCUT2D eigenvalue weighted by molar-refractivity contribution is 9.11. The second-order valence-corrected chi connectivity index (χ2v) is 4.61. The number of carbonyl (C=O) groups is 1. The van der Waals surface area contributed by atoms with Crippen molar-refractivity contribution in [2.75, 3.05) is 0 Å². The Morgan fingerprint density at radius 2 is 2.31 bits per heavy atom. The summed E-state index contributed by atoms with van der Waals surface area (Å²) in [7, 11) is 0. The van der Waals surface area contributed by atoms with E-state index in [9.17, 15) is 4.79 Å². The van der Waals surface area contributed by atoms with E-state index in [1.54, 1.807) is 6.20 Å².